The van der Waals surface area contributed by atoms with E-state index in [2.05, 4.69) is 5.32 Å². The quantitative estimate of drug-likeness (QED) is 0.781. The fourth-order valence-electron chi connectivity index (χ4n) is 1.95. The van der Waals surface area contributed by atoms with Gasteiger partial charge in [0.15, 0.2) is 0 Å². The molecule has 102 valence electrons. The maximum absolute atomic E-state index is 12.8. The summed E-state index contributed by atoms with van der Waals surface area (Å²) in [6.45, 7) is 4.31. The molecule has 0 amide bonds. The zero-order valence-corrected chi connectivity index (χ0v) is 12.0. The summed E-state index contributed by atoms with van der Waals surface area (Å²) in [6.07, 6.45) is 13.1. The van der Waals surface area contributed by atoms with Crippen molar-refractivity contribution in [1.82, 2.24) is 5.32 Å². The Morgan fingerprint density at radius 3 is 2.42 bits per heavy atom. The Balaban J connectivity index is 2.36. The zero-order chi connectivity index (χ0) is 13.7. The molecule has 0 atom stereocenters. The van der Waals surface area contributed by atoms with Gasteiger partial charge in [-0.2, -0.15) is 0 Å². The summed E-state index contributed by atoms with van der Waals surface area (Å²) in [5, 5.41) is 3.75. The van der Waals surface area contributed by atoms with Gasteiger partial charge in [-0.1, -0.05) is 18.2 Å². The molecule has 5 heteroatoms. The molecule has 19 heavy (non-hydrogen) atoms. The van der Waals surface area contributed by atoms with E-state index in [-0.39, 0.29) is 0 Å². The van der Waals surface area contributed by atoms with Gasteiger partial charge in [-0.25, -0.2) is 0 Å². The molecule has 0 aromatic heterocycles. The van der Waals surface area contributed by atoms with Gasteiger partial charge in [-0.05, 0) is 32.1 Å². The van der Waals surface area contributed by atoms with E-state index in [0.29, 0.717) is 18.5 Å². The van der Waals surface area contributed by atoms with E-state index in [0.717, 1.165) is 11.3 Å². The minimum atomic E-state index is -3.25. The summed E-state index contributed by atoms with van der Waals surface area (Å²) in [4.78, 5) is 0. The van der Waals surface area contributed by atoms with Gasteiger partial charge in [-0.15, -0.1) is 0 Å². The minimum absolute atomic E-state index is 0.348. The third-order valence-electron chi connectivity index (χ3n) is 2.69. The molecule has 0 bridgehead atoms. The first kappa shape index (κ1) is 14.1. The first-order valence-electron chi connectivity index (χ1n) is 6.33. The normalized spacial score (nSPS) is 21.7. The smallest absolute Gasteiger partial charge is 0.361 e. The van der Waals surface area contributed by atoms with Gasteiger partial charge >= 0.3 is 7.60 Å². The van der Waals surface area contributed by atoms with Crippen LogP contribution >= 0.6 is 7.60 Å². The molecule has 1 N–H and O–H groups in total. The summed E-state index contributed by atoms with van der Waals surface area (Å²) in [5.74, 6) is 0. The number of allylic oxidation sites excluding steroid dienone is 8. The van der Waals surface area contributed by atoms with Gasteiger partial charge in [0.2, 0.25) is 0 Å². The molecule has 0 aromatic rings. The van der Waals surface area contributed by atoms with Crippen LogP contribution in [0.5, 0.6) is 0 Å². The predicted octanol–water partition coefficient (Wildman–Crippen LogP) is 3.63. The van der Waals surface area contributed by atoms with Gasteiger partial charge in [-0.3, -0.25) is 4.57 Å². The van der Waals surface area contributed by atoms with Crippen LogP contribution in [0.15, 0.2) is 59.2 Å². The van der Waals surface area contributed by atoms with Crippen molar-refractivity contribution in [2.75, 3.05) is 13.2 Å². The summed E-state index contributed by atoms with van der Waals surface area (Å²) in [6, 6.07) is 0. The van der Waals surface area contributed by atoms with Gasteiger partial charge < -0.3 is 14.4 Å². The van der Waals surface area contributed by atoms with Crippen LogP contribution in [0.25, 0.3) is 0 Å². The Morgan fingerprint density at radius 1 is 1.11 bits per heavy atom. The number of hydrogen-bond acceptors (Lipinski definition) is 4. The average Bonchev–Trinajstić information content (AvgIpc) is 2.90. The molecular formula is C14H18NO3P. The van der Waals surface area contributed by atoms with Crippen molar-refractivity contribution in [2.24, 2.45) is 0 Å². The van der Waals surface area contributed by atoms with Crippen LogP contribution in [0, 0.1) is 0 Å². The Hall–Kier alpha value is -1.35. The summed E-state index contributed by atoms with van der Waals surface area (Å²) in [5.41, 5.74) is 1.74. The van der Waals surface area contributed by atoms with E-state index in [9.17, 15) is 4.57 Å². The molecule has 0 spiro atoms. The Bertz CT molecular complexity index is 531. The van der Waals surface area contributed by atoms with Crippen molar-refractivity contribution >= 4 is 7.60 Å². The van der Waals surface area contributed by atoms with Crippen LogP contribution in [0.3, 0.4) is 0 Å². The third-order valence-corrected chi connectivity index (χ3v) is 4.86. The van der Waals surface area contributed by atoms with Gasteiger partial charge in [0, 0.05) is 17.5 Å². The van der Waals surface area contributed by atoms with E-state index in [1.807, 2.05) is 50.4 Å². The number of hydrogen-bond donors (Lipinski definition) is 1. The van der Waals surface area contributed by atoms with Gasteiger partial charge in [0.25, 0.3) is 0 Å². The molecule has 0 fully saturated rings. The standard InChI is InChI=1S/C14H18NO3P/c1-3-17-19(16,18-4-2)14-10-7-8-12(14)13-9-5-6-11-15-13/h5-11,15H,3-4H2,1-2H3/b13-12+. The van der Waals surface area contributed by atoms with Crippen LogP contribution in [-0.2, 0) is 13.6 Å². The fraction of sp³-hybridized carbons (Fsp3) is 0.286. The average molecular weight is 279 g/mol. The molecule has 2 aliphatic rings. The highest BCUT2D eigenvalue weighted by atomic mass is 31.2. The lowest BCUT2D eigenvalue weighted by atomic mass is 10.2. The predicted molar refractivity (Wildman–Crippen MR) is 76.5 cm³/mol. The van der Waals surface area contributed by atoms with E-state index in [1.54, 1.807) is 6.08 Å². The van der Waals surface area contributed by atoms with Crippen molar-refractivity contribution < 1.29 is 13.6 Å². The van der Waals surface area contributed by atoms with E-state index < -0.39 is 7.60 Å². The summed E-state index contributed by atoms with van der Waals surface area (Å²) in [7, 11) is -3.25. The Kier molecular flexibility index (Phi) is 4.59. The van der Waals surface area contributed by atoms with Crippen molar-refractivity contribution in [3.8, 4) is 0 Å². The molecule has 0 radical (unpaired) electrons. The fourth-order valence-corrected chi connectivity index (χ4v) is 3.75. The SMILES string of the molecule is CCOP(=O)(OCC)C1=CC=C/C1=C1/C=CC=CN1. The van der Waals surface area contributed by atoms with Gasteiger partial charge in [0.1, 0.15) is 0 Å². The van der Waals surface area contributed by atoms with Crippen LogP contribution in [0.4, 0.5) is 0 Å². The molecule has 1 aliphatic heterocycles. The second-order valence-corrected chi connectivity index (χ2v) is 5.93. The van der Waals surface area contributed by atoms with E-state index >= 15 is 0 Å². The van der Waals surface area contributed by atoms with Crippen molar-refractivity contribution in [2.45, 2.75) is 13.8 Å². The molecule has 0 aromatic carbocycles. The van der Waals surface area contributed by atoms with Crippen LogP contribution < -0.4 is 5.32 Å². The molecule has 4 nitrogen and oxygen atoms in total. The lowest BCUT2D eigenvalue weighted by Gasteiger charge is -2.21. The van der Waals surface area contributed by atoms with Crippen LogP contribution in [0.1, 0.15) is 13.8 Å². The van der Waals surface area contributed by atoms with Crippen molar-refractivity contribution in [3.63, 3.8) is 0 Å². The Labute approximate surface area is 113 Å². The van der Waals surface area contributed by atoms with Crippen LogP contribution in [0.2, 0.25) is 0 Å². The Morgan fingerprint density at radius 2 is 1.84 bits per heavy atom. The largest absolute Gasteiger partial charge is 0.361 e. The topological polar surface area (TPSA) is 47.6 Å². The number of nitrogens with one attached hydrogen (secondary N) is 1. The van der Waals surface area contributed by atoms with Crippen molar-refractivity contribution in [1.29, 1.82) is 0 Å². The molecule has 0 saturated carbocycles. The highest BCUT2D eigenvalue weighted by Gasteiger charge is 2.33. The second-order valence-electron chi connectivity index (χ2n) is 3.93. The summed E-state index contributed by atoms with van der Waals surface area (Å²) < 4.78 is 23.6. The van der Waals surface area contributed by atoms with Crippen molar-refractivity contribution in [3.05, 3.63) is 59.2 Å². The zero-order valence-electron chi connectivity index (χ0n) is 11.1. The maximum atomic E-state index is 12.8. The monoisotopic (exact) mass is 279 g/mol. The number of rotatable bonds is 5. The molecular weight excluding hydrogens is 261 g/mol. The highest BCUT2D eigenvalue weighted by Crippen LogP contribution is 2.60. The molecule has 1 aliphatic carbocycles. The van der Waals surface area contributed by atoms with Gasteiger partial charge in [0.05, 0.1) is 18.5 Å². The maximum Gasteiger partial charge on any atom is 0.361 e. The van der Waals surface area contributed by atoms with E-state index in [4.69, 9.17) is 9.05 Å². The minimum Gasteiger partial charge on any atom is -0.361 e. The highest BCUT2D eigenvalue weighted by molar-refractivity contribution is 7.58. The first-order chi connectivity index (χ1) is 9.21. The molecule has 0 saturated heterocycles. The molecule has 1 heterocycles. The van der Waals surface area contributed by atoms with Crippen LogP contribution in [-0.4, -0.2) is 13.2 Å². The summed E-state index contributed by atoms with van der Waals surface area (Å²) >= 11 is 0. The first-order valence-corrected chi connectivity index (χ1v) is 7.88. The van der Waals surface area contributed by atoms with E-state index in [1.165, 1.54) is 0 Å². The lowest BCUT2D eigenvalue weighted by Crippen LogP contribution is -2.09. The second kappa shape index (κ2) is 6.20. The molecule has 0 unspecified atom stereocenters. The third kappa shape index (κ3) is 2.98. The number of dihydropyridines is 1. The molecule has 2 rings (SSSR count). The lowest BCUT2D eigenvalue weighted by molar-refractivity contribution is 0.227.